The van der Waals surface area contributed by atoms with Crippen LogP contribution in [-0.4, -0.2) is 31.6 Å². The first kappa shape index (κ1) is 15.5. The van der Waals surface area contributed by atoms with Crippen LogP contribution in [0, 0.1) is 26.7 Å². The lowest BCUT2D eigenvalue weighted by Crippen LogP contribution is -2.40. The van der Waals surface area contributed by atoms with Crippen LogP contribution in [0.3, 0.4) is 0 Å². The summed E-state index contributed by atoms with van der Waals surface area (Å²) in [5.41, 5.74) is 5.83. The zero-order chi connectivity index (χ0) is 14.7. The summed E-state index contributed by atoms with van der Waals surface area (Å²) in [4.78, 5) is 2.56. The van der Waals surface area contributed by atoms with E-state index in [2.05, 4.69) is 57.1 Å². The largest absolute Gasteiger partial charge is 0.317 e. The lowest BCUT2D eigenvalue weighted by molar-refractivity contribution is 0.119. The average molecular weight is 274 g/mol. The quantitative estimate of drug-likeness (QED) is 0.902. The Hall–Kier alpha value is -0.860. The van der Waals surface area contributed by atoms with Gasteiger partial charge in [0.15, 0.2) is 0 Å². The maximum absolute atomic E-state index is 3.56. The summed E-state index contributed by atoms with van der Waals surface area (Å²) in [6.45, 7) is 12.3. The third-order valence-corrected chi connectivity index (χ3v) is 4.86. The number of hydrogen-bond donors (Lipinski definition) is 1. The number of aryl methyl sites for hydroxylation is 3. The Bertz CT molecular complexity index is 453. The van der Waals surface area contributed by atoms with Gasteiger partial charge in [0.05, 0.1) is 0 Å². The third-order valence-electron chi connectivity index (χ3n) is 4.86. The van der Waals surface area contributed by atoms with E-state index in [1.165, 1.54) is 36.1 Å². The van der Waals surface area contributed by atoms with Gasteiger partial charge < -0.3 is 5.32 Å². The molecule has 1 heterocycles. The first-order valence-electron chi connectivity index (χ1n) is 8.03. The predicted octanol–water partition coefficient (Wildman–Crippen LogP) is 3.60. The van der Waals surface area contributed by atoms with Crippen LogP contribution in [0.25, 0.3) is 0 Å². The van der Waals surface area contributed by atoms with E-state index in [1.807, 2.05) is 0 Å². The van der Waals surface area contributed by atoms with Crippen molar-refractivity contribution in [3.8, 4) is 0 Å². The van der Waals surface area contributed by atoms with Crippen molar-refractivity contribution in [2.45, 2.75) is 46.6 Å². The number of rotatable bonds is 4. The van der Waals surface area contributed by atoms with Gasteiger partial charge in [0.2, 0.25) is 0 Å². The number of nitrogens with zero attached hydrogens (tertiary/aromatic N) is 1. The molecule has 1 aromatic carbocycles. The lowest BCUT2D eigenvalue weighted by atomic mass is 9.82. The van der Waals surface area contributed by atoms with Crippen molar-refractivity contribution in [3.05, 3.63) is 34.4 Å². The molecule has 2 atom stereocenters. The molecule has 2 nitrogen and oxygen atoms in total. The van der Waals surface area contributed by atoms with Gasteiger partial charge in [0.1, 0.15) is 0 Å². The van der Waals surface area contributed by atoms with Crippen LogP contribution >= 0.6 is 0 Å². The maximum atomic E-state index is 3.56. The first-order valence-corrected chi connectivity index (χ1v) is 8.03. The van der Waals surface area contributed by atoms with Crippen molar-refractivity contribution < 1.29 is 0 Å². The van der Waals surface area contributed by atoms with Gasteiger partial charge in [-0.05, 0) is 88.5 Å². The van der Waals surface area contributed by atoms with E-state index in [-0.39, 0.29) is 0 Å². The van der Waals surface area contributed by atoms with E-state index >= 15 is 0 Å². The fourth-order valence-electron chi connectivity index (χ4n) is 3.60. The van der Waals surface area contributed by atoms with Gasteiger partial charge in [0, 0.05) is 6.04 Å². The van der Waals surface area contributed by atoms with Crippen molar-refractivity contribution in [1.29, 1.82) is 0 Å². The van der Waals surface area contributed by atoms with Crippen molar-refractivity contribution in [1.82, 2.24) is 10.2 Å². The summed E-state index contributed by atoms with van der Waals surface area (Å²) < 4.78 is 0. The van der Waals surface area contributed by atoms with Crippen molar-refractivity contribution in [3.63, 3.8) is 0 Å². The SMILES string of the molecule is CCNCC1CCCN(C)C1c1cc(C)c(C)cc1C. The second-order valence-electron chi connectivity index (χ2n) is 6.43. The molecule has 0 radical (unpaired) electrons. The van der Waals surface area contributed by atoms with E-state index in [9.17, 15) is 0 Å². The molecule has 2 heteroatoms. The minimum atomic E-state index is 0.571. The van der Waals surface area contributed by atoms with Crippen LogP contribution in [0.15, 0.2) is 12.1 Å². The summed E-state index contributed by atoms with van der Waals surface area (Å²) in [5.74, 6) is 0.731. The molecule has 0 spiro atoms. The Morgan fingerprint density at radius 1 is 1.15 bits per heavy atom. The number of nitrogens with one attached hydrogen (secondary N) is 1. The summed E-state index contributed by atoms with van der Waals surface area (Å²) >= 11 is 0. The number of hydrogen-bond acceptors (Lipinski definition) is 2. The van der Waals surface area contributed by atoms with Crippen LogP contribution in [0.5, 0.6) is 0 Å². The highest BCUT2D eigenvalue weighted by Gasteiger charge is 2.31. The molecule has 0 aromatic heterocycles. The zero-order valence-electron chi connectivity index (χ0n) is 13.8. The highest BCUT2D eigenvalue weighted by atomic mass is 15.1. The number of likely N-dealkylation sites (tertiary alicyclic amines) is 1. The van der Waals surface area contributed by atoms with Gasteiger partial charge in [-0.1, -0.05) is 19.1 Å². The topological polar surface area (TPSA) is 15.3 Å². The fraction of sp³-hybridized carbons (Fsp3) is 0.667. The van der Waals surface area contributed by atoms with Gasteiger partial charge in [0.25, 0.3) is 0 Å². The molecular weight excluding hydrogens is 244 g/mol. The molecule has 20 heavy (non-hydrogen) atoms. The number of piperidine rings is 1. The van der Waals surface area contributed by atoms with Crippen LogP contribution in [0.1, 0.15) is 48.1 Å². The first-order chi connectivity index (χ1) is 9.54. The smallest absolute Gasteiger partial charge is 0.0388 e. The molecule has 0 aliphatic carbocycles. The molecule has 0 amide bonds. The van der Waals surface area contributed by atoms with Gasteiger partial charge >= 0.3 is 0 Å². The lowest BCUT2D eigenvalue weighted by Gasteiger charge is -2.40. The standard InChI is InChI=1S/C18H30N2/c1-6-19-12-16-8-7-9-20(5)18(16)17-11-14(3)13(2)10-15(17)4/h10-11,16,18-19H,6-9,12H2,1-5H3. The van der Waals surface area contributed by atoms with Crippen molar-refractivity contribution >= 4 is 0 Å². The molecule has 0 saturated carbocycles. The third kappa shape index (κ3) is 3.24. The van der Waals surface area contributed by atoms with Crippen molar-refractivity contribution in [2.24, 2.45) is 5.92 Å². The molecule has 2 rings (SSSR count). The Labute approximate surface area is 124 Å². The van der Waals surface area contributed by atoms with Crippen LogP contribution in [0.2, 0.25) is 0 Å². The molecule has 0 bridgehead atoms. The minimum Gasteiger partial charge on any atom is -0.317 e. The van der Waals surface area contributed by atoms with Crippen molar-refractivity contribution in [2.75, 3.05) is 26.7 Å². The van der Waals surface area contributed by atoms with Gasteiger partial charge in [-0.2, -0.15) is 0 Å². The van der Waals surface area contributed by atoms with Crippen LogP contribution in [0.4, 0.5) is 0 Å². The predicted molar refractivity (Wildman–Crippen MR) is 87.3 cm³/mol. The second kappa shape index (κ2) is 6.73. The monoisotopic (exact) mass is 274 g/mol. The Morgan fingerprint density at radius 2 is 1.85 bits per heavy atom. The normalized spacial score (nSPS) is 24.1. The highest BCUT2D eigenvalue weighted by Crippen LogP contribution is 2.37. The van der Waals surface area contributed by atoms with Gasteiger partial charge in [-0.3, -0.25) is 4.90 Å². The molecule has 1 aliphatic heterocycles. The van der Waals surface area contributed by atoms with Crippen LogP contribution in [-0.2, 0) is 0 Å². The summed E-state index contributed by atoms with van der Waals surface area (Å²) in [7, 11) is 2.29. The molecule has 1 fully saturated rings. The molecule has 1 aromatic rings. The fourth-order valence-corrected chi connectivity index (χ4v) is 3.60. The van der Waals surface area contributed by atoms with E-state index in [4.69, 9.17) is 0 Å². The molecule has 112 valence electrons. The molecule has 1 saturated heterocycles. The Morgan fingerprint density at radius 3 is 2.55 bits per heavy atom. The van der Waals surface area contributed by atoms with E-state index in [0.29, 0.717) is 6.04 Å². The summed E-state index contributed by atoms with van der Waals surface area (Å²) in [6.07, 6.45) is 2.67. The zero-order valence-corrected chi connectivity index (χ0v) is 13.8. The average Bonchev–Trinajstić information content (AvgIpc) is 2.41. The maximum Gasteiger partial charge on any atom is 0.0388 e. The van der Waals surface area contributed by atoms with Gasteiger partial charge in [-0.25, -0.2) is 0 Å². The second-order valence-corrected chi connectivity index (χ2v) is 6.43. The molecule has 1 N–H and O–H groups in total. The molecule has 1 aliphatic rings. The molecular formula is C18H30N2. The van der Waals surface area contributed by atoms with Gasteiger partial charge in [-0.15, -0.1) is 0 Å². The van der Waals surface area contributed by atoms with E-state index < -0.39 is 0 Å². The molecule has 2 unspecified atom stereocenters. The Balaban J connectivity index is 2.32. The Kier molecular flexibility index (Phi) is 5.22. The minimum absolute atomic E-state index is 0.571. The number of benzene rings is 1. The van der Waals surface area contributed by atoms with E-state index in [1.54, 1.807) is 5.56 Å². The highest BCUT2D eigenvalue weighted by molar-refractivity contribution is 5.38. The summed E-state index contributed by atoms with van der Waals surface area (Å²) in [5, 5.41) is 3.56. The summed E-state index contributed by atoms with van der Waals surface area (Å²) in [6, 6.07) is 5.36. The van der Waals surface area contributed by atoms with E-state index in [0.717, 1.165) is 19.0 Å². The van der Waals surface area contributed by atoms with Crippen LogP contribution < -0.4 is 5.32 Å².